The Bertz CT molecular complexity index is 218. The summed E-state index contributed by atoms with van der Waals surface area (Å²) in [7, 11) is 2.04. The first kappa shape index (κ1) is 14.4. The van der Waals surface area contributed by atoms with Crippen molar-refractivity contribution in [3.63, 3.8) is 0 Å². The fourth-order valence-electron chi connectivity index (χ4n) is 1.75. The highest BCUT2D eigenvalue weighted by Crippen LogP contribution is 2.06. The van der Waals surface area contributed by atoms with Crippen molar-refractivity contribution < 1.29 is 9.53 Å². The van der Waals surface area contributed by atoms with E-state index in [2.05, 4.69) is 22.5 Å². The van der Waals surface area contributed by atoms with E-state index >= 15 is 0 Å². The van der Waals surface area contributed by atoms with Crippen molar-refractivity contribution in [3.05, 3.63) is 0 Å². The zero-order chi connectivity index (χ0) is 12.5. The maximum absolute atomic E-state index is 11.5. The monoisotopic (exact) mass is 243 g/mol. The van der Waals surface area contributed by atoms with Gasteiger partial charge in [0.05, 0.1) is 6.10 Å². The van der Waals surface area contributed by atoms with E-state index in [1.54, 1.807) is 0 Å². The molecule has 0 aliphatic carbocycles. The van der Waals surface area contributed by atoms with Crippen LogP contribution >= 0.6 is 0 Å². The Labute approximate surface area is 104 Å². The average Bonchev–Trinajstić information content (AvgIpc) is 2.37. The first-order valence-electron chi connectivity index (χ1n) is 6.50. The summed E-state index contributed by atoms with van der Waals surface area (Å²) in [5, 5.41) is 6.14. The lowest BCUT2D eigenvalue weighted by Gasteiger charge is -2.22. The van der Waals surface area contributed by atoms with E-state index in [9.17, 15) is 4.79 Å². The Balaban J connectivity index is 2.00. The van der Waals surface area contributed by atoms with Crippen LogP contribution in [0.25, 0.3) is 0 Å². The zero-order valence-corrected chi connectivity index (χ0v) is 11.0. The highest BCUT2D eigenvalue weighted by atomic mass is 16.5. The number of amides is 1. The van der Waals surface area contributed by atoms with Crippen LogP contribution in [0, 0.1) is 0 Å². The van der Waals surface area contributed by atoms with Crippen LogP contribution in [0.2, 0.25) is 0 Å². The number of nitrogens with zero attached hydrogens (tertiary/aromatic N) is 1. The molecule has 1 amide bonds. The van der Waals surface area contributed by atoms with Gasteiger partial charge < -0.3 is 20.3 Å². The number of hydrogen-bond acceptors (Lipinski definition) is 4. The fourth-order valence-corrected chi connectivity index (χ4v) is 1.75. The first-order valence-corrected chi connectivity index (χ1v) is 6.50. The second-order valence-corrected chi connectivity index (χ2v) is 4.51. The molecular weight excluding hydrogens is 218 g/mol. The SMILES string of the molecule is CCN(C)CCNC(=O)COC1CCNCC1. The minimum absolute atomic E-state index is 0.00645. The Morgan fingerprint density at radius 2 is 2.18 bits per heavy atom. The third kappa shape index (κ3) is 6.61. The minimum Gasteiger partial charge on any atom is -0.368 e. The molecule has 1 heterocycles. The van der Waals surface area contributed by atoms with Crippen LogP contribution in [0.4, 0.5) is 0 Å². The van der Waals surface area contributed by atoms with E-state index in [-0.39, 0.29) is 18.6 Å². The standard InChI is InChI=1S/C12H25N3O2/c1-3-15(2)9-8-14-12(16)10-17-11-4-6-13-7-5-11/h11,13H,3-10H2,1-2H3,(H,14,16). The number of rotatable bonds is 7. The summed E-state index contributed by atoms with van der Waals surface area (Å²) in [5.41, 5.74) is 0. The van der Waals surface area contributed by atoms with E-state index in [1.807, 2.05) is 7.05 Å². The Kier molecular flexibility index (Phi) is 7.16. The van der Waals surface area contributed by atoms with Gasteiger partial charge in [0.25, 0.3) is 0 Å². The fraction of sp³-hybridized carbons (Fsp3) is 0.917. The van der Waals surface area contributed by atoms with E-state index in [4.69, 9.17) is 4.74 Å². The lowest BCUT2D eigenvalue weighted by atomic mass is 10.1. The van der Waals surface area contributed by atoms with Crippen LogP contribution in [-0.4, -0.2) is 63.3 Å². The third-order valence-corrected chi connectivity index (χ3v) is 3.09. The molecule has 5 heteroatoms. The summed E-state index contributed by atoms with van der Waals surface area (Å²) in [6.45, 7) is 6.86. The van der Waals surface area contributed by atoms with E-state index in [0.29, 0.717) is 6.54 Å². The van der Waals surface area contributed by atoms with Gasteiger partial charge in [-0.2, -0.15) is 0 Å². The predicted octanol–water partition coefficient (Wildman–Crippen LogP) is -0.177. The van der Waals surface area contributed by atoms with Gasteiger partial charge in [-0.25, -0.2) is 0 Å². The molecule has 1 saturated heterocycles. The van der Waals surface area contributed by atoms with Crippen LogP contribution in [-0.2, 0) is 9.53 Å². The molecule has 0 aromatic carbocycles. The number of hydrogen-bond donors (Lipinski definition) is 2. The van der Waals surface area contributed by atoms with E-state index in [1.165, 1.54) is 0 Å². The molecule has 1 rings (SSSR count). The minimum atomic E-state index is -0.00645. The Hall–Kier alpha value is -0.650. The first-order chi connectivity index (χ1) is 8.22. The normalized spacial score (nSPS) is 17.4. The molecule has 100 valence electrons. The van der Waals surface area contributed by atoms with E-state index < -0.39 is 0 Å². The van der Waals surface area contributed by atoms with Gasteiger partial charge in [0, 0.05) is 13.1 Å². The van der Waals surface area contributed by atoms with Gasteiger partial charge >= 0.3 is 0 Å². The van der Waals surface area contributed by atoms with Gasteiger partial charge in [0.15, 0.2) is 0 Å². The Morgan fingerprint density at radius 3 is 2.82 bits per heavy atom. The number of ether oxygens (including phenoxy) is 1. The largest absolute Gasteiger partial charge is 0.368 e. The van der Waals surface area contributed by atoms with Crippen molar-refractivity contribution in [2.75, 3.05) is 46.4 Å². The maximum Gasteiger partial charge on any atom is 0.246 e. The molecule has 2 N–H and O–H groups in total. The zero-order valence-electron chi connectivity index (χ0n) is 11.0. The number of carbonyl (C=O) groups is 1. The molecule has 0 unspecified atom stereocenters. The number of carbonyl (C=O) groups excluding carboxylic acids is 1. The molecular formula is C12H25N3O2. The second-order valence-electron chi connectivity index (χ2n) is 4.51. The van der Waals surface area contributed by atoms with Crippen LogP contribution in [0.5, 0.6) is 0 Å². The molecule has 0 bridgehead atoms. The number of piperidine rings is 1. The molecule has 0 saturated carbocycles. The molecule has 1 fully saturated rings. The molecule has 0 aromatic rings. The van der Waals surface area contributed by atoms with Gasteiger partial charge in [-0.3, -0.25) is 4.79 Å². The number of likely N-dealkylation sites (N-methyl/N-ethyl adjacent to an activating group) is 1. The average molecular weight is 243 g/mol. The highest BCUT2D eigenvalue weighted by Gasteiger charge is 2.14. The highest BCUT2D eigenvalue weighted by molar-refractivity contribution is 5.77. The summed E-state index contributed by atoms with van der Waals surface area (Å²) in [6.07, 6.45) is 2.26. The lowest BCUT2D eigenvalue weighted by Crippen LogP contribution is -2.38. The molecule has 0 atom stereocenters. The molecule has 1 aliphatic rings. The van der Waals surface area contributed by atoms with Crippen molar-refractivity contribution in [1.29, 1.82) is 0 Å². The van der Waals surface area contributed by atoms with Gasteiger partial charge in [0.2, 0.25) is 5.91 Å². The maximum atomic E-state index is 11.5. The second kappa shape index (κ2) is 8.44. The molecule has 1 aliphatic heterocycles. The van der Waals surface area contributed by atoms with Gasteiger partial charge in [-0.1, -0.05) is 6.92 Å². The molecule has 17 heavy (non-hydrogen) atoms. The van der Waals surface area contributed by atoms with Gasteiger partial charge in [0.1, 0.15) is 6.61 Å². The molecule has 5 nitrogen and oxygen atoms in total. The summed E-state index contributed by atoms with van der Waals surface area (Å²) in [4.78, 5) is 13.6. The summed E-state index contributed by atoms with van der Waals surface area (Å²) in [6, 6.07) is 0. The number of nitrogens with one attached hydrogen (secondary N) is 2. The lowest BCUT2D eigenvalue weighted by molar-refractivity contribution is -0.128. The predicted molar refractivity (Wildman–Crippen MR) is 68.0 cm³/mol. The van der Waals surface area contributed by atoms with E-state index in [0.717, 1.165) is 39.0 Å². The van der Waals surface area contributed by atoms with Crippen molar-refractivity contribution in [3.8, 4) is 0 Å². The van der Waals surface area contributed by atoms with Crippen LogP contribution in [0.1, 0.15) is 19.8 Å². The smallest absolute Gasteiger partial charge is 0.246 e. The van der Waals surface area contributed by atoms with Crippen molar-refractivity contribution in [2.45, 2.75) is 25.9 Å². The van der Waals surface area contributed by atoms with Crippen molar-refractivity contribution >= 4 is 5.91 Å². The van der Waals surface area contributed by atoms with Crippen molar-refractivity contribution in [1.82, 2.24) is 15.5 Å². The van der Waals surface area contributed by atoms with Crippen molar-refractivity contribution in [2.24, 2.45) is 0 Å². The molecule has 0 aromatic heterocycles. The summed E-state index contributed by atoms with van der Waals surface area (Å²) >= 11 is 0. The molecule has 0 radical (unpaired) electrons. The Morgan fingerprint density at radius 1 is 1.47 bits per heavy atom. The van der Waals surface area contributed by atoms with Gasteiger partial charge in [-0.05, 0) is 39.5 Å². The summed E-state index contributed by atoms with van der Waals surface area (Å²) < 4.78 is 5.56. The van der Waals surface area contributed by atoms with Crippen LogP contribution in [0.3, 0.4) is 0 Å². The quantitative estimate of drug-likeness (QED) is 0.651. The van der Waals surface area contributed by atoms with Gasteiger partial charge in [-0.15, -0.1) is 0 Å². The van der Waals surface area contributed by atoms with Crippen LogP contribution in [0.15, 0.2) is 0 Å². The summed E-state index contributed by atoms with van der Waals surface area (Å²) in [5.74, 6) is -0.00645. The topological polar surface area (TPSA) is 53.6 Å². The third-order valence-electron chi connectivity index (χ3n) is 3.09. The van der Waals surface area contributed by atoms with Crippen LogP contribution < -0.4 is 10.6 Å². The molecule has 0 spiro atoms.